The lowest BCUT2D eigenvalue weighted by Crippen LogP contribution is -2.54. The van der Waals surface area contributed by atoms with Crippen LogP contribution < -0.4 is 5.32 Å². The Labute approximate surface area is 186 Å². The Bertz CT molecular complexity index is 591. The molecule has 4 saturated carbocycles. The number of aliphatic hydroxyl groups excluding tert-OH is 1. The summed E-state index contributed by atoms with van der Waals surface area (Å²) in [4.78, 5) is 11.7. The van der Waals surface area contributed by atoms with Gasteiger partial charge in [-0.25, -0.2) is 0 Å². The lowest BCUT2D eigenvalue weighted by Gasteiger charge is -2.61. The predicted octanol–water partition coefficient (Wildman–Crippen LogP) is 6.19. The normalized spacial score (nSPS) is 45.8. The summed E-state index contributed by atoms with van der Waals surface area (Å²) >= 11 is 0. The van der Waals surface area contributed by atoms with E-state index in [1.54, 1.807) is 7.05 Å². The summed E-state index contributed by atoms with van der Waals surface area (Å²) in [6.45, 7) is 11.6. The molecular formula is C27H49NO2. The molecule has 0 spiro atoms. The standard InChI is InChI=1S/C25H43NO2.C2H6/c1-16(5-10-23(28)26-4)20-8-9-21-19-7-6-17-15-18(27)11-13-24(17,2)22(19)12-14-25(20,21)3;1-2/h16-22,27H,5-15H2,1-4H3,(H,26,28);1-2H3/t16-,17?,18-,19?,20?,21?,22?,24?,25?;/m1./s1. The molecule has 3 nitrogen and oxygen atoms in total. The second-order valence-corrected chi connectivity index (χ2v) is 11.5. The molecule has 0 aromatic heterocycles. The second-order valence-electron chi connectivity index (χ2n) is 11.5. The Morgan fingerprint density at radius 1 is 1.00 bits per heavy atom. The topological polar surface area (TPSA) is 49.3 Å². The molecule has 9 atom stereocenters. The van der Waals surface area contributed by atoms with Crippen molar-refractivity contribution in [3.8, 4) is 0 Å². The van der Waals surface area contributed by atoms with Gasteiger partial charge in [0.2, 0.25) is 5.91 Å². The largest absolute Gasteiger partial charge is 0.393 e. The van der Waals surface area contributed by atoms with Crippen molar-refractivity contribution in [1.82, 2.24) is 5.32 Å². The third kappa shape index (κ3) is 4.09. The summed E-state index contributed by atoms with van der Waals surface area (Å²) in [5, 5.41) is 13.0. The molecule has 0 radical (unpaired) electrons. The van der Waals surface area contributed by atoms with Crippen LogP contribution >= 0.6 is 0 Å². The molecule has 0 aromatic rings. The van der Waals surface area contributed by atoms with Crippen LogP contribution in [-0.4, -0.2) is 24.2 Å². The molecule has 0 saturated heterocycles. The first-order chi connectivity index (χ1) is 14.3. The molecule has 0 heterocycles. The molecule has 2 N–H and O–H groups in total. The van der Waals surface area contributed by atoms with E-state index in [-0.39, 0.29) is 12.0 Å². The first-order valence-electron chi connectivity index (χ1n) is 13.2. The average Bonchev–Trinajstić information content (AvgIpc) is 3.11. The number of aliphatic hydroxyl groups is 1. The minimum absolute atomic E-state index is 0.0412. The van der Waals surface area contributed by atoms with Gasteiger partial charge in [0.05, 0.1) is 6.10 Å². The van der Waals surface area contributed by atoms with Gasteiger partial charge in [-0.1, -0.05) is 34.6 Å². The molecule has 7 unspecified atom stereocenters. The van der Waals surface area contributed by atoms with Gasteiger partial charge in [-0.3, -0.25) is 4.79 Å². The number of nitrogens with one attached hydrogen (secondary N) is 1. The fourth-order valence-corrected chi connectivity index (χ4v) is 8.90. The quantitative estimate of drug-likeness (QED) is 0.570. The first kappa shape index (κ1) is 24.1. The maximum atomic E-state index is 11.7. The molecule has 4 rings (SSSR count). The van der Waals surface area contributed by atoms with Crippen molar-refractivity contribution in [2.24, 2.45) is 46.3 Å². The molecule has 1 amide bonds. The van der Waals surface area contributed by atoms with Gasteiger partial charge in [0.15, 0.2) is 0 Å². The van der Waals surface area contributed by atoms with Crippen molar-refractivity contribution in [2.75, 3.05) is 7.05 Å². The maximum absolute atomic E-state index is 11.7. The van der Waals surface area contributed by atoms with E-state index in [4.69, 9.17) is 0 Å². The Kier molecular flexibility index (Phi) is 7.63. The van der Waals surface area contributed by atoms with E-state index in [0.717, 1.165) is 48.9 Å². The highest BCUT2D eigenvalue weighted by atomic mass is 16.3. The van der Waals surface area contributed by atoms with Crippen molar-refractivity contribution < 1.29 is 9.90 Å². The van der Waals surface area contributed by atoms with Gasteiger partial charge < -0.3 is 10.4 Å². The Morgan fingerprint density at radius 2 is 1.67 bits per heavy atom. The van der Waals surface area contributed by atoms with Gasteiger partial charge in [0.1, 0.15) is 0 Å². The zero-order chi connectivity index (χ0) is 22.1. The molecule has 4 aliphatic rings. The molecule has 30 heavy (non-hydrogen) atoms. The minimum Gasteiger partial charge on any atom is -0.393 e. The van der Waals surface area contributed by atoms with Crippen molar-refractivity contribution in [3.05, 3.63) is 0 Å². The Balaban J connectivity index is 0.00000124. The van der Waals surface area contributed by atoms with Crippen LogP contribution in [0.1, 0.15) is 105 Å². The molecule has 174 valence electrons. The van der Waals surface area contributed by atoms with Crippen LogP contribution in [0.25, 0.3) is 0 Å². The van der Waals surface area contributed by atoms with Crippen molar-refractivity contribution in [3.63, 3.8) is 0 Å². The van der Waals surface area contributed by atoms with Crippen LogP contribution in [-0.2, 0) is 4.79 Å². The summed E-state index contributed by atoms with van der Waals surface area (Å²) in [6, 6.07) is 0. The van der Waals surface area contributed by atoms with Gasteiger partial charge >= 0.3 is 0 Å². The number of fused-ring (bicyclic) bond motifs is 5. The molecule has 4 fully saturated rings. The van der Waals surface area contributed by atoms with Crippen molar-refractivity contribution >= 4 is 5.91 Å². The summed E-state index contributed by atoms with van der Waals surface area (Å²) in [6.07, 6.45) is 13.3. The summed E-state index contributed by atoms with van der Waals surface area (Å²) < 4.78 is 0. The highest BCUT2D eigenvalue weighted by Crippen LogP contribution is 2.68. The number of rotatable bonds is 4. The van der Waals surface area contributed by atoms with Gasteiger partial charge in [0.25, 0.3) is 0 Å². The number of hydrogen-bond donors (Lipinski definition) is 2. The number of hydrogen-bond acceptors (Lipinski definition) is 2. The predicted molar refractivity (Wildman–Crippen MR) is 125 cm³/mol. The lowest BCUT2D eigenvalue weighted by molar-refractivity contribution is -0.129. The van der Waals surface area contributed by atoms with E-state index in [1.165, 1.54) is 44.9 Å². The zero-order valence-corrected chi connectivity index (χ0v) is 20.7. The van der Waals surface area contributed by atoms with Crippen LogP contribution in [0.3, 0.4) is 0 Å². The third-order valence-corrected chi connectivity index (χ3v) is 10.5. The van der Waals surface area contributed by atoms with Crippen LogP contribution in [0.15, 0.2) is 0 Å². The van der Waals surface area contributed by atoms with Crippen LogP contribution in [0.4, 0.5) is 0 Å². The molecule has 0 bridgehead atoms. The maximum Gasteiger partial charge on any atom is 0.219 e. The van der Waals surface area contributed by atoms with E-state index in [2.05, 4.69) is 26.1 Å². The number of amides is 1. The van der Waals surface area contributed by atoms with Crippen molar-refractivity contribution in [1.29, 1.82) is 0 Å². The van der Waals surface area contributed by atoms with E-state index in [9.17, 15) is 9.90 Å². The van der Waals surface area contributed by atoms with Crippen molar-refractivity contribution in [2.45, 2.75) is 111 Å². The van der Waals surface area contributed by atoms with Crippen LogP contribution in [0, 0.1) is 46.3 Å². The van der Waals surface area contributed by atoms with E-state index >= 15 is 0 Å². The SMILES string of the molecule is CC.CNC(=O)CC[C@@H](C)C1CCC2C3CCC4C[C@H](O)CCC4(C)C3CCC21C. The molecule has 3 heteroatoms. The average molecular weight is 420 g/mol. The highest BCUT2D eigenvalue weighted by molar-refractivity contribution is 5.75. The number of carbonyl (C=O) groups is 1. The van der Waals surface area contributed by atoms with Gasteiger partial charge in [0, 0.05) is 13.5 Å². The smallest absolute Gasteiger partial charge is 0.219 e. The summed E-state index contributed by atoms with van der Waals surface area (Å²) in [7, 11) is 1.75. The summed E-state index contributed by atoms with van der Waals surface area (Å²) in [5.41, 5.74) is 0.965. The van der Waals surface area contributed by atoms with E-state index < -0.39 is 0 Å². The van der Waals surface area contributed by atoms with E-state index in [1.807, 2.05) is 13.8 Å². The highest BCUT2D eigenvalue weighted by Gasteiger charge is 2.60. The van der Waals surface area contributed by atoms with E-state index in [0.29, 0.717) is 23.2 Å². The monoisotopic (exact) mass is 419 g/mol. The molecular weight excluding hydrogens is 370 g/mol. The lowest BCUT2D eigenvalue weighted by atomic mass is 9.44. The van der Waals surface area contributed by atoms with Crippen LogP contribution in [0.5, 0.6) is 0 Å². The number of carbonyl (C=O) groups excluding carboxylic acids is 1. The summed E-state index contributed by atoms with van der Waals surface area (Å²) in [5.74, 6) is 5.08. The zero-order valence-electron chi connectivity index (χ0n) is 20.7. The van der Waals surface area contributed by atoms with Gasteiger partial charge in [-0.15, -0.1) is 0 Å². The van der Waals surface area contributed by atoms with Gasteiger partial charge in [-0.2, -0.15) is 0 Å². The van der Waals surface area contributed by atoms with Crippen LogP contribution in [0.2, 0.25) is 0 Å². The molecule has 0 aliphatic heterocycles. The third-order valence-electron chi connectivity index (χ3n) is 10.5. The minimum atomic E-state index is -0.0412. The molecule has 4 aliphatic carbocycles. The Hall–Kier alpha value is -0.570. The Morgan fingerprint density at radius 3 is 2.37 bits per heavy atom. The first-order valence-corrected chi connectivity index (χ1v) is 13.2. The second kappa shape index (κ2) is 9.51. The van der Waals surface area contributed by atoms with Gasteiger partial charge in [-0.05, 0) is 111 Å². The molecule has 0 aromatic carbocycles. The fraction of sp³-hybridized carbons (Fsp3) is 0.963. The fourth-order valence-electron chi connectivity index (χ4n) is 8.90.